The van der Waals surface area contributed by atoms with E-state index in [1.807, 2.05) is 30.9 Å². The highest BCUT2D eigenvalue weighted by molar-refractivity contribution is 5.97. The molecule has 0 amide bonds. The molecule has 4 aromatic heterocycles. The lowest BCUT2D eigenvalue weighted by Crippen LogP contribution is -2.68. The number of imidazole rings is 1. The summed E-state index contributed by atoms with van der Waals surface area (Å²) in [6, 6.07) is 10.5. The van der Waals surface area contributed by atoms with E-state index < -0.39 is 5.66 Å². The number of hydrogen-bond donors (Lipinski definition) is 5. The van der Waals surface area contributed by atoms with Crippen molar-refractivity contribution in [1.82, 2.24) is 76.2 Å². The number of anilines is 1. The topological polar surface area (TPSA) is 146 Å². The first-order chi connectivity index (χ1) is 23.4. The van der Waals surface area contributed by atoms with Gasteiger partial charge in [-0.1, -0.05) is 29.7 Å². The lowest BCUT2D eigenvalue weighted by Gasteiger charge is -2.49. The zero-order chi connectivity index (χ0) is 31.2. The second-order valence-corrected chi connectivity index (χ2v) is 12.3. The zero-order valence-electron chi connectivity index (χ0n) is 26.3. The predicted molar refractivity (Wildman–Crippen MR) is 175 cm³/mol. The fourth-order valence-electron chi connectivity index (χ4n) is 7.57. The molecular weight excluding hydrogens is 596 g/mol. The van der Waals surface area contributed by atoms with Gasteiger partial charge in [0.2, 0.25) is 11.6 Å². The normalized spacial score (nSPS) is 24.6. The van der Waals surface area contributed by atoms with E-state index in [1.165, 1.54) is 6.42 Å². The first kappa shape index (κ1) is 28.9. The van der Waals surface area contributed by atoms with Crippen LogP contribution in [0.3, 0.4) is 0 Å². The van der Waals surface area contributed by atoms with E-state index in [-0.39, 0.29) is 0 Å². The largest absolute Gasteiger partial charge is 0.355 e. The molecule has 16 heteroatoms. The summed E-state index contributed by atoms with van der Waals surface area (Å²) in [6.07, 6.45) is 14.4. The average Bonchev–Trinajstić information content (AvgIpc) is 3.98. The van der Waals surface area contributed by atoms with Crippen molar-refractivity contribution in [2.45, 2.75) is 24.9 Å². The van der Waals surface area contributed by atoms with Crippen LogP contribution in [0.4, 0.5) is 5.95 Å². The summed E-state index contributed by atoms with van der Waals surface area (Å²) in [6.45, 7) is 7.37. The van der Waals surface area contributed by atoms with Crippen molar-refractivity contribution >= 4 is 16.9 Å². The summed E-state index contributed by atoms with van der Waals surface area (Å²) in [5.41, 5.74) is 3.60. The number of piperidine rings is 1. The van der Waals surface area contributed by atoms with Gasteiger partial charge in [-0.15, -0.1) is 5.12 Å². The smallest absolute Gasteiger partial charge is 0.236 e. The van der Waals surface area contributed by atoms with Crippen molar-refractivity contribution in [2.24, 2.45) is 0 Å². The van der Waals surface area contributed by atoms with Crippen molar-refractivity contribution < 1.29 is 0 Å². The standard InChI is InChI=1S/C31H40N16/c1-4-17-42(18-5-1)47-44(30-36-12-13-37-30)45(43-21-16-34-23-43)31(27-22-33-10-11-35-27,46(47)41-19-14-32-15-20-41)29-28(26-8-9-38-40-26)24-6-2-3-7-25(24)39-29/h2-3,6-13,22,32,34,39H,1,4-5,14-21,23H2,(H,36,37)(H,38,40). The molecule has 244 valence electrons. The Labute approximate surface area is 272 Å². The highest BCUT2D eigenvalue weighted by Crippen LogP contribution is 2.52. The van der Waals surface area contributed by atoms with E-state index in [2.05, 4.69) is 90.7 Å². The van der Waals surface area contributed by atoms with Gasteiger partial charge in [-0.05, 0) is 30.2 Å². The molecule has 0 bridgehead atoms. The van der Waals surface area contributed by atoms with Crippen LogP contribution in [-0.4, -0.2) is 125 Å². The molecule has 8 heterocycles. The van der Waals surface area contributed by atoms with Crippen molar-refractivity contribution in [2.75, 3.05) is 64.1 Å². The quantitative estimate of drug-likeness (QED) is 0.176. The summed E-state index contributed by atoms with van der Waals surface area (Å²) in [5, 5.41) is 32.6. The number of aromatic amines is 3. The molecule has 9 rings (SSSR count). The molecule has 47 heavy (non-hydrogen) atoms. The Morgan fingerprint density at radius 1 is 0.745 bits per heavy atom. The molecule has 4 fully saturated rings. The van der Waals surface area contributed by atoms with Gasteiger partial charge in [-0.25, -0.2) is 20.0 Å². The van der Waals surface area contributed by atoms with Gasteiger partial charge in [0.05, 0.1) is 24.3 Å². The third-order valence-corrected chi connectivity index (χ3v) is 9.57. The number of nitrogens with zero attached hydrogens (tertiary/aromatic N) is 11. The fraction of sp³-hybridized carbons (Fsp3) is 0.419. The van der Waals surface area contributed by atoms with Crippen molar-refractivity contribution in [3.8, 4) is 11.3 Å². The molecular formula is C31H40N16. The van der Waals surface area contributed by atoms with Crippen molar-refractivity contribution in [3.63, 3.8) is 0 Å². The molecule has 4 saturated heterocycles. The number of hydrogen-bond acceptors (Lipinski definition) is 13. The van der Waals surface area contributed by atoms with Gasteiger partial charge < -0.3 is 20.6 Å². The molecule has 5 N–H and O–H groups in total. The molecule has 1 aromatic carbocycles. The van der Waals surface area contributed by atoms with E-state index in [9.17, 15) is 0 Å². The first-order valence-corrected chi connectivity index (χ1v) is 16.6. The summed E-state index contributed by atoms with van der Waals surface area (Å²) in [5.74, 6) is 0.701. The van der Waals surface area contributed by atoms with Gasteiger partial charge in [0.25, 0.3) is 0 Å². The highest BCUT2D eigenvalue weighted by atomic mass is 16.3. The van der Waals surface area contributed by atoms with Crippen molar-refractivity contribution in [3.05, 3.63) is 78.9 Å². The van der Waals surface area contributed by atoms with Crippen LogP contribution in [0.2, 0.25) is 0 Å². The number of benzene rings is 1. The van der Waals surface area contributed by atoms with Crippen LogP contribution in [-0.2, 0) is 5.66 Å². The van der Waals surface area contributed by atoms with Crippen LogP contribution in [0.25, 0.3) is 22.2 Å². The van der Waals surface area contributed by atoms with Gasteiger partial charge in [0, 0.05) is 99.8 Å². The number of fused-ring (bicyclic) bond motifs is 1. The third-order valence-electron chi connectivity index (χ3n) is 9.57. The van der Waals surface area contributed by atoms with Crippen molar-refractivity contribution in [1.29, 1.82) is 0 Å². The Kier molecular flexibility index (Phi) is 7.43. The Balaban J connectivity index is 1.42. The van der Waals surface area contributed by atoms with Crippen LogP contribution in [0.1, 0.15) is 30.7 Å². The Morgan fingerprint density at radius 2 is 1.60 bits per heavy atom. The Bertz CT molecular complexity index is 1760. The summed E-state index contributed by atoms with van der Waals surface area (Å²) in [7, 11) is 0. The van der Waals surface area contributed by atoms with Gasteiger partial charge in [0.15, 0.2) is 0 Å². The second-order valence-electron chi connectivity index (χ2n) is 12.3. The molecule has 1 atom stereocenters. The lowest BCUT2D eigenvalue weighted by atomic mass is 9.95. The molecule has 16 nitrogen and oxygen atoms in total. The maximum atomic E-state index is 5.18. The predicted octanol–water partition coefficient (Wildman–Crippen LogP) is 1.44. The number of para-hydroxylation sites is 1. The summed E-state index contributed by atoms with van der Waals surface area (Å²) >= 11 is 0. The number of nitrogens with one attached hydrogen (secondary N) is 5. The Hall–Kier alpha value is -4.26. The molecule has 1 unspecified atom stereocenters. The molecule has 0 spiro atoms. The first-order valence-electron chi connectivity index (χ1n) is 16.6. The van der Waals surface area contributed by atoms with E-state index in [1.54, 1.807) is 12.4 Å². The minimum atomic E-state index is -1.10. The minimum absolute atomic E-state index is 0.641. The van der Waals surface area contributed by atoms with Crippen LogP contribution in [0.5, 0.6) is 0 Å². The van der Waals surface area contributed by atoms with Gasteiger partial charge in [0.1, 0.15) is 5.69 Å². The number of aromatic nitrogens is 7. The molecule has 0 aliphatic carbocycles. The second kappa shape index (κ2) is 12.1. The fourth-order valence-corrected chi connectivity index (χ4v) is 7.57. The van der Waals surface area contributed by atoms with Crippen LogP contribution >= 0.6 is 0 Å². The summed E-state index contributed by atoms with van der Waals surface area (Å²) < 4.78 is 0. The summed E-state index contributed by atoms with van der Waals surface area (Å²) in [4.78, 5) is 22.2. The highest BCUT2D eigenvalue weighted by Gasteiger charge is 2.67. The average molecular weight is 637 g/mol. The maximum Gasteiger partial charge on any atom is 0.236 e. The number of piperazine rings is 1. The molecule has 0 radical (unpaired) electrons. The Morgan fingerprint density at radius 3 is 2.34 bits per heavy atom. The van der Waals surface area contributed by atoms with E-state index in [4.69, 9.17) is 15.0 Å². The van der Waals surface area contributed by atoms with Gasteiger partial charge >= 0.3 is 0 Å². The SMILES string of the molecule is c1ccc2c(-c3ccn[nH]3)c(C3(c4cnccn4)N(N4CCNC4)N(c4ncc[nH]4)N(N4CCCCC4)N3N3CCNCC3)[nH]c2c1. The molecule has 0 saturated carbocycles. The lowest BCUT2D eigenvalue weighted by molar-refractivity contribution is -0.298. The van der Waals surface area contributed by atoms with E-state index >= 15 is 0 Å². The van der Waals surface area contributed by atoms with Crippen LogP contribution < -0.4 is 15.8 Å². The van der Waals surface area contributed by atoms with Crippen LogP contribution in [0, 0.1) is 0 Å². The van der Waals surface area contributed by atoms with Gasteiger partial charge in [-0.3, -0.25) is 15.1 Å². The van der Waals surface area contributed by atoms with Gasteiger partial charge in [-0.2, -0.15) is 10.2 Å². The van der Waals surface area contributed by atoms with E-state index in [0.717, 1.165) is 98.7 Å². The third kappa shape index (κ3) is 4.60. The molecule has 4 aliphatic rings. The monoisotopic (exact) mass is 636 g/mol. The zero-order valence-corrected chi connectivity index (χ0v) is 26.3. The molecule has 5 aromatic rings. The van der Waals surface area contributed by atoms with E-state index in [0.29, 0.717) is 12.6 Å². The number of rotatable bonds is 7. The number of hydrazine groups is 6. The molecule has 4 aliphatic heterocycles. The maximum absolute atomic E-state index is 5.18. The minimum Gasteiger partial charge on any atom is -0.355 e. The number of H-pyrrole nitrogens is 3. The van der Waals surface area contributed by atoms with Crippen LogP contribution in [0.15, 0.2) is 67.5 Å².